The molecule has 0 spiro atoms. The highest BCUT2D eigenvalue weighted by Gasteiger charge is 1.99. The Labute approximate surface area is 112 Å². The minimum atomic E-state index is 0.395. The van der Waals surface area contributed by atoms with Gasteiger partial charge in [-0.15, -0.1) is 0 Å². The van der Waals surface area contributed by atoms with E-state index in [2.05, 4.69) is 15.3 Å². The highest BCUT2D eigenvalue weighted by molar-refractivity contribution is 5.32. The molecule has 100 valence electrons. The quantitative estimate of drug-likeness (QED) is 0.863. The molecule has 2 rings (SSSR count). The fraction of sp³-hybridized carbons (Fsp3) is 0.286. The van der Waals surface area contributed by atoms with Gasteiger partial charge in [-0.1, -0.05) is 0 Å². The van der Waals surface area contributed by atoms with Gasteiger partial charge in [0.05, 0.1) is 25.2 Å². The van der Waals surface area contributed by atoms with Crippen molar-refractivity contribution in [1.82, 2.24) is 9.97 Å². The van der Waals surface area contributed by atoms with Gasteiger partial charge < -0.3 is 14.8 Å². The summed E-state index contributed by atoms with van der Waals surface area (Å²) >= 11 is 0. The highest BCUT2D eigenvalue weighted by atomic mass is 16.5. The predicted octanol–water partition coefficient (Wildman–Crippen LogP) is 2.50. The topological polar surface area (TPSA) is 56.3 Å². The number of aromatic nitrogens is 2. The molecule has 0 aliphatic rings. The van der Waals surface area contributed by atoms with E-state index in [-0.39, 0.29) is 0 Å². The Balaban J connectivity index is 1.90. The average molecular weight is 259 g/mol. The lowest BCUT2D eigenvalue weighted by Gasteiger charge is -2.07. The van der Waals surface area contributed by atoms with E-state index < -0.39 is 0 Å². The van der Waals surface area contributed by atoms with Gasteiger partial charge in [0.2, 0.25) is 0 Å². The van der Waals surface area contributed by atoms with Crippen LogP contribution in [0.1, 0.15) is 12.6 Å². The second kappa shape index (κ2) is 6.58. The van der Waals surface area contributed by atoms with Gasteiger partial charge in [-0.2, -0.15) is 0 Å². The fourth-order valence-electron chi connectivity index (χ4n) is 1.53. The van der Waals surface area contributed by atoms with Gasteiger partial charge in [-0.3, -0.25) is 4.98 Å². The van der Waals surface area contributed by atoms with Crippen LogP contribution in [0.2, 0.25) is 0 Å². The minimum absolute atomic E-state index is 0.395. The number of ether oxygens (including phenoxy) is 2. The zero-order chi connectivity index (χ0) is 13.5. The second-order valence-electron chi connectivity index (χ2n) is 3.89. The Kier molecular flexibility index (Phi) is 4.55. The van der Waals surface area contributed by atoms with Crippen LogP contribution in [0.25, 0.3) is 0 Å². The van der Waals surface area contributed by atoms with Crippen molar-refractivity contribution in [2.75, 3.05) is 19.0 Å². The fourth-order valence-corrected chi connectivity index (χ4v) is 1.53. The van der Waals surface area contributed by atoms with Gasteiger partial charge in [0, 0.05) is 6.54 Å². The molecule has 1 aromatic carbocycles. The normalized spacial score (nSPS) is 10.0. The summed E-state index contributed by atoms with van der Waals surface area (Å²) in [6.45, 7) is 3.24. The summed E-state index contributed by atoms with van der Waals surface area (Å²) in [5.41, 5.74) is 0.789. The largest absolute Gasteiger partial charge is 0.497 e. The molecule has 5 nitrogen and oxygen atoms in total. The van der Waals surface area contributed by atoms with Crippen molar-refractivity contribution < 1.29 is 9.47 Å². The number of hydrogen-bond acceptors (Lipinski definition) is 5. The Bertz CT molecular complexity index is 497. The Morgan fingerprint density at radius 1 is 1.05 bits per heavy atom. The first-order valence-electron chi connectivity index (χ1n) is 6.13. The highest BCUT2D eigenvalue weighted by Crippen LogP contribution is 2.17. The number of anilines is 1. The maximum atomic E-state index is 5.61. The summed E-state index contributed by atoms with van der Waals surface area (Å²) in [6.07, 6.45) is 3.41. The van der Waals surface area contributed by atoms with Crippen molar-refractivity contribution in [3.8, 4) is 11.5 Å². The lowest BCUT2D eigenvalue weighted by molar-refractivity contribution is 0.300. The SMILES string of the molecule is CCNc1cnc(COc2ccc(OC)cc2)cn1. The molecule has 1 aromatic heterocycles. The molecule has 0 saturated carbocycles. The standard InChI is InChI=1S/C14H17N3O2/c1-3-15-14-9-16-11(8-17-14)10-19-13-6-4-12(18-2)5-7-13/h4-9H,3,10H2,1-2H3,(H,15,17). The molecule has 2 aromatic rings. The number of methoxy groups -OCH3 is 1. The van der Waals surface area contributed by atoms with Gasteiger partial charge in [0.15, 0.2) is 0 Å². The van der Waals surface area contributed by atoms with Crippen LogP contribution in [0.5, 0.6) is 11.5 Å². The van der Waals surface area contributed by atoms with Crippen LogP contribution in [0, 0.1) is 0 Å². The predicted molar refractivity (Wildman–Crippen MR) is 73.5 cm³/mol. The molecule has 1 N–H and O–H groups in total. The lowest BCUT2D eigenvalue weighted by Crippen LogP contribution is -2.03. The Morgan fingerprint density at radius 2 is 1.79 bits per heavy atom. The molecule has 0 aliphatic carbocycles. The molecular formula is C14H17N3O2. The van der Waals surface area contributed by atoms with E-state index in [9.17, 15) is 0 Å². The maximum absolute atomic E-state index is 5.61. The van der Waals surface area contributed by atoms with E-state index in [1.807, 2.05) is 31.2 Å². The summed E-state index contributed by atoms with van der Waals surface area (Å²) in [7, 11) is 1.64. The summed E-state index contributed by atoms with van der Waals surface area (Å²) in [4.78, 5) is 8.51. The number of benzene rings is 1. The first kappa shape index (κ1) is 13.1. The van der Waals surface area contributed by atoms with Crippen molar-refractivity contribution in [1.29, 1.82) is 0 Å². The summed E-state index contributed by atoms with van der Waals surface area (Å²) < 4.78 is 10.7. The first-order valence-corrected chi connectivity index (χ1v) is 6.13. The zero-order valence-electron chi connectivity index (χ0n) is 11.1. The van der Waals surface area contributed by atoms with Gasteiger partial charge in [0.25, 0.3) is 0 Å². The molecule has 19 heavy (non-hydrogen) atoms. The Hall–Kier alpha value is -2.30. The molecule has 5 heteroatoms. The van der Waals surface area contributed by atoms with Crippen LogP contribution >= 0.6 is 0 Å². The van der Waals surface area contributed by atoms with Crippen LogP contribution in [-0.4, -0.2) is 23.6 Å². The van der Waals surface area contributed by atoms with Crippen molar-refractivity contribution in [3.63, 3.8) is 0 Å². The van der Waals surface area contributed by atoms with E-state index >= 15 is 0 Å². The van der Waals surface area contributed by atoms with Gasteiger partial charge >= 0.3 is 0 Å². The molecule has 0 radical (unpaired) electrons. The second-order valence-corrected chi connectivity index (χ2v) is 3.89. The van der Waals surface area contributed by atoms with E-state index in [0.717, 1.165) is 29.6 Å². The van der Waals surface area contributed by atoms with Crippen molar-refractivity contribution in [2.24, 2.45) is 0 Å². The van der Waals surface area contributed by atoms with Crippen molar-refractivity contribution in [2.45, 2.75) is 13.5 Å². The van der Waals surface area contributed by atoms with E-state index in [1.54, 1.807) is 19.5 Å². The lowest BCUT2D eigenvalue weighted by atomic mass is 10.3. The van der Waals surface area contributed by atoms with E-state index in [0.29, 0.717) is 6.61 Å². The molecule has 0 aliphatic heterocycles. The minimum Gasteiger partial charge on any atom is -0.497 e. The number of nitrogens with one attached hydrogen (secondary N) is 1. The molecule has 0 bridgehead atoms. The van der Waals surface area contributed by atoms with Crippen LogP contribution in [0.15, 0.2) is 36.7 Å². The van der Waals surface area contributed by atoms with Crippen LogP contribution in [-0.2, 0) is 6.61 Å². The molecule has 0 saturated heterocycles. The Morgan fingerprint density at radius 3 is 2.37 bits per heavy atom. The molecule has 0 atom stereocenters. The molecule has 0 unspecified atom stereocenters. The molecule has 1 heterocycles. The number of hydrogen-bond donors (Lipinski definition) is 1. The first-order chi connectivity index (χ1) is 9.31. The monoisotopic (exact) mass is 259 g/mol. The molecular weight excluding hydrogens is 242 g/mol. The number of nitrogens with zero attached hydrogens (tertiary/aromatic N) is 2. The van der Waals surface area contributed by atoms with Crippen LogP contribution in [0.4, 0.5) is 5.82 Å². The van der Waals surface area contributed by atoms with Gasteiger partial charge in [-0.25, -0.2) is 4.98 Å². The third kappa shape index (κ3) is 3.84. The van der Waals surface area contributed by atoms with Crippen molar-refractivity contribution >= 4 is 5.82 Å². The summed E-state index contributed by atoms with van der Waals surface area (Å²) in [5, 5.41) is 3.09. The third-order valence-electron chi connectivity index (χ3n) is 2.51. The van der Waals surface area contributed by atoms with E-state index in [4.69, 9.17) is 9.47 Å². The van der Waals surface area contributed by atoms with Gasteiger partial charge in [-0.05, 0) is 31.2 Å². The third-order valence-corrected chi connectivity index (χ3v) is 2.51. The molecule has 0 fully saturated rings. The summed E-state index contributed by atoms with van der Waals surface area (Å²) in [6, 6.07) is 7.43. The maximum Gasteiger partial charge on any atom is 0.144 e. The molecule has 0 amide bonds. The van der Waals surface area contributed by atoms with Gasteiger partial charge in [0.1, 0.15) is 23.9 Å². The zero-order valence-corrected chi connectivity index (χ0v) is 11.1. The van der Waals surface area contributed by atoms with E-state index in [1.165, 1.54) is 0 Å². The summed E-state index contributed by atoms with van der Waals surface area (Å²) in [5.74, 6) is 2.36. The van der Waals surface area contributed by atoms with Crippen LogP contribution < -0.4 is 14.8 Å². The van der Waals surface area contributed by atoms with Crippen LogP contribution in [0.3, 0.4) is 0 Å². The number of rotatable bonds is 6. The van der Waals surface area contributed by atoms with Crippen molar-refractivity contribution in [3.05, 3.63) is 42.4 Å². The average Bonchev–Trinajstić information content (AvgIpc) is 2.47. The smallest absolute Gasteiger partial charge is 0.144 e.